The van der Waals surface area contributed by atoms with Crippen LogP contribution in [0.25, 0.3) is 0 Å². The molecule has 3 rings (SSSR count). The number of amides is 2. The molecule has 2 aromatic carbocycles. The van der Waals surface area contributed by atoms with Crippen LogP contribution in [0.2, 0.25) is 0 Å². The van der Waals surface area contributed by atoms with Crippen LogP contribution in [0.5, 0.6) is 0 Å². The maximum Gasteiger partial charge on any atom is 0.341 e. The SMILES string of the molecule is C[C@@H](OC(=O)c1ccccc1N1CCCC1=O)C(=O)NCc1ccccc1. The lowest BCUT2D eigenvalue weighted by molar-refractivity contribution is -0.129. The third-order valence-electron chi connectivity index (χ3n) is 4.45. The lowest BCUT2D eigenvalue weighted by atomic mass is 10.1. The third-order valence-corrected chi connectivity index (χ3v) is 4.45. The van der Waals surface area contributed by atoms with Gasteiger partial charge in [0.05, 0.1) is 11.3 Å². The standard InChI is InChI=1S/C21H22N2O4/c1-15(20(25)22-14-16-8-3-2-4-9-16)27-21(26)17-10-5-6-11-18(17)23-13-7-12-19(23)24/h2-6,8-11,15H,7,12-14H2,1H3,(H,22,25)/t15-/m1/s1. The Bertz CT molecular complexity index is 835. The van der Waals surface area contributed by atoms with Gasteiger partial charge in [0.25, 0.3) is 5.91 Å². The van der Waals surface area contributed by atoms with Crippen molar-refractivity contribution in [1.29, 1.82) is 0 Å². The highest BCUT2D eigenvalue weighted by atomic mass is 16.5. The van der Waals surface area contributed by atoms with Gasteiger partial charge in [-0.05, 0) is 31.0 Å². The van der Waals surface area contributed by atoms with E-state index in [0.717, 1.165) is 12.0 Å². The van der Waals surface area contributed by atoms with Crippen LogP contribution in [-0.2, 0) is 20.9 Å². The van der Waals surface area contributed by atoms with E-state index in [1.165, 1.54) is 6.92 Å². The molecule has 6 heteroatoms. The van der Waals surface area contributed by atoms with Crippen molar-refractivity contribution in [2.75, 3.05) is 11.4 Å². The van der Waals surface area contributed by atoms with E-state index in [4.69, 9.17) is 4.74 Å². The molecule has 0 unspecified atom stereocenters. The van der Waals surface area contributed by atoms with Gasteiger partial charge in [-0.2, -0.15) is 0 Å². The molecule has 0 saturated carbocycles. The van der Waals surface area contributed by atoms with E-state index in [-0.39, 0.29) is 17.4 Å². The Morgan fingerprint density at radius 3 is 2.52 bits per heavy atom. The average molecular weight is 366 g/mol. The number of nitrogens with one attached hydrogen (secondary N) is 1. The number of esters is 1. The van der Waals surface area contributed by atoms with E-state index in [1.54, 1.807) is 29.2 Å². The maximum atomic E-state index is 12.6. The van der Waals surface area contributed by atoms with E-state index < -0.39 is 12.1 Å². The molecule has 1 aliphatic rings. The zero-order valence-corrected chi connectivity index (χ0v) is 15.2. The Kier molecular flexibility index (Phi) is 5.86. The summed E-state index contributed by atoms with van der Waals surface area (Å²) in [6.07, 6.45) is 0.297. The maximum absolute atomic E-state index is 12.6. The minimum absolute atomic E-state index is 0.0103. The number of hydrogen-bond acceptors (Lipinski definition) is 4. The molecule has 1 atom stereocenters. The molecular formula is C21H22N2O4. The summed E-state index contributed by atoms with van der Waals surface area (Å²) in [6, 6.07) is 16.3. The molecule has 1 heterocycles. The summed E-state index contributed by atoms with van der Waals surface area (Å²) in [6.45, 7) is 2.47. The summed E-state index contributed by atoms with van der Waals surface area (Å²) in [5.41, 5.74) is 1.78. The van der Waals surface area contributed by atoms with Gasteiger partial charge in [-0.1, -0.05) is 42.5 Å². The first-order chi connectivity index (χ1) is 13.1. The number of nitrogens with zero attached hydrogens (tertiary/aromatic N) is 1. The first kappa shape index (κ1) is 18.6. The molecule has 2 aromatic rings. The summed E-state index contributed by atoms with van der Waals surface area (Å²) >= 11 is 0. The molecule has 0 spiro atoms. The Labute approximate surface area is 158 Å². The molecule has 0 aliphatic carbocycles. The smallest absolute Gasteiger partial charge is 0.341 e. The molecule has 1 aliphatic heterocycles. The van der Waals surface area contributed by atoms with Gasteiger partial charge in [-0.25, -0.2) is 4.79 Å². The molecule has 0 radical (unpaired) electrons. The van der Waals surface area contributed by atoms with E-state index >= 15 is 0 Å². The van der Waals surface area contributed by atoms with Gasteiger partial charge in [-0.3, -0.25) is 9.59 Å². The monoisotopic (exact) mass is 366 g/mol. The largest absolute Gasteiger partial charge is 0.449 e. The number of benzene rings is 2. The van der Waals surface area contributed by atoms with Crippen LogP contribution in [0.15, 0.2) is 54.6 Å². The lowest BCUT2D eigenvalue weighted by Crippen LogP contribution is -2.36. The predicted molar refractivity (Wildman–Crippen MR) is 101 cm³/mol. The van der Waals surface area contributed by atoms with Crippen LogP contribution < -0.4 is 10.2 Å². The van der Waals surface area contributed by atoms with E-state index in [9.17, 15) is 14.4 Å². The van der Waals surface area contributed by atoms with Crippen molar-refractivity contribution in [2.24, 2.45) is 0 Å². The number of carbonyl (C=O) groups excluding carboxylic acids is 3. The second-order valence-corrected chi connectivity index (χ2v) is 6.42. The van der Waals surface area contributed by atoms with Crippen LogP contribution in [0.4, 0.5) is 5.69 Å². The highest BCUT2D eigenvalue weighted by molar-refractivity contribution is 6.04. The predicted octanol–water partition coefficient (Wildman–Crippen LogP) is 2.68. The Balaban J connectivity index is 1.63. The summed E-state index contributed by atoms with van der Waals surface area (Å²) in [4.78, 5) is 38.4. The second kappa shape index (κ2) is 8.49. The number of carbonyl (C=O) groups is 3. The summed E-state index contributed by atoms with van der Waals surface area (Å²) < 4.78 is 5.33. The lowest BCUT2D eigenvalue weighted by Gasteiger charge is -2.20. The van der Waals surface area contributed by atoms with Crippen LogP contribution in [0, 0.1) is 0 Å². The molecule has 1 N–H and O–H groups in total. The first-order valence-corrected chi connectivity index (χ1v) is 8.98. The molecule has 27 heavy (non-hydrogen) atoms. The molecule has 0 aromatic heterocycles. The number of ether oxygens (including phenoxy) is 1. The summed E-state index contributed by atoms with van der Waals surface area (Å²) in [7, 11) is 0. The Morgan fingerprint density at radius 2 is 1.81 bits per heavy atom. The van der Waals surface area contributed by atoms with Crippen molar-refractivity contribution >= 4 is 23.5 Å². The molecular weight excluding hydrogens is 344 g/mol. The van der Waals surface area contributed by atoms with Crippen molar-refractivity contribution in [3.05, 3.63) is 65.7 Å². The average Bonchev–Trinajstić information content (AvgIpc) is 3.12. The molecule has 2 amide bonds. The first-order valence-electron chi connectivity index (χ1n) is 8.98. The second-order valence-electron chi connectivity index (χ2n) is 6.42. The van der Waals surface area contributed by atoms with Gasteiger partial charge in [-0.15, -0.1) is 0 Å². The number of para-hydroxylation sites is 1. The van der Waals surface area contributed by atoms with Crippen molar-refractivity contribution < 1.29 is 19.1 Å². The van der Waals surface area contributed by atoms with E-state index in [1.807, 2.05) is 30.3 Å². The minimum atomic E-state index is -0.941. The summed E-state index contributed by atoms with van der Waals surface area (Å²) in [5.74, 6) is -1.00. The quantitative estimate of drug-likeness (QED) is 0.798. The van der Waals surface area contributed by atoms with E-state index in [2.05, 4.69) is 5.32 Å². The molecule has 6 nitrogen and oxygen atoms in total. The fourth-order valence-corrected chi connectivity index (χ4v) is 2.99. The van der Waals surface area contributed by atoms with Crippen molar-refractivity contribution in [3.63, 3.8) is 0 Å². The minimum Gasteiger partial charge on any atom is -0.449 e. The Hall–Kier alpha value is -3.15. The normalized spacial score (nSPS) is 14.7. The van der Waals surface area contributed by atoms with Crippen LogP contribution in [0.1, 0.15) is 35.7 Å². The molecule has 0 bridgehead atoms. The number of rotatable bonds is 6. The number of hydrogen-bond donors (Lipinski definition) is 1. The van der Waals surface area contributed by atoms with Gasteiger partial charge >= 0.3 is 5.97 Å². The molecule has 1 saturated heterocycles. The highest BCUT2D eigenvalue weighted by Gasteiger charge is 2.27. The van der Waals surface area contributed by atoms with Gasteiger partial charge in [0.1, 0.15) is 0 Å². The van der Waals surface area contributed by atoms with Gasteiger partial charge in [0.15, 0.2) is 6.10 Å². The fraction of sp³-hybridized carbons (Fsp3) is 0.286. The fourth-order valence-electron chi connectivity index (χ4n) is 2.99. The van der Waals surface area contributed by atoms with Crippen LogP contribution >= 0.6 is 0 Å². The molecule has 1 fully saturated rings. The Morgan fingerprint density at radius 1 is 1.11 bits per heavy atom. The zero-order valence-electron chi connectivity index (χ0n) is 15.2. The van der Waals surface area contributed by atoms with Crippen molar-refractivity contribution in [1.82, 2.24) is 5.32 Å². The topological polar surface area (TPSA) is 75.7 Å². The molecule has 140 valence electrons. The van der Waals surface area contributed by atoms with Gasteiger partial charge in [0.2, 0.25) is 5.91 Å². The van der Waals surface area contributed by atoms with Gasteiger partial charge in [0, 0.05) is 19.5 Å². The third kappa shape index (κ3) is 4.53. The zero-order chi connectivity index (χ0) is 19.2. The van der Waals surface area contributed by atoms with Crippen LogP contribution in [-0.4, -0.2) is 30.4 Å². The highest BCUT2D eigenvalue weighted by Crippen LogP contribution is 2.26. The summed E-state index contributed by atoms with van der Waals surface area (Å²) in [5, 5.41) is 2.75. The van der Waals surface area contributed by atoms with E-state index in [0.29, 0.717) is 25.2 Å². The van der Waals surface area contributed by atoms with Crippen LogP contribution in [0.3, 0.4) is 0 Å². The van der Waals surface area contributed by atoms with Gasteiger partial charge < -0.3 is 15.0 Å². The van der Waals surface area contributed by atoms with Crippen molar-refractivity contribution in [3.8, 4) is 0 Å². The van der Waals surface area contributed by atoms with Crippen molar-refractivity contribution in [2.45, 2.75) is 32.4 Å². The number of anilines is 1.